The molecule has 4 nitrogen and oxygen atoms in total. The van der Waals surface area contributed by atoms with Crippen LogP contribution in [0.15, 0.2) is 42.5 Å². The van der Waals surface area contributed by atoms with Gasteiger partial charge in [-0.1, -0.05) is 18.2 Å². The van der Waals surface area contributed by atoms with Crippen LogP contribution in [0.3, 0.4) is 0 Å². The summed E-state index contributed by atoms with van der Waals surface area (Å²) in [6.07, 6.45) is 1.90. The van der Waals surface area contributed by atoms with Gasteiger partial charge in [0.2, 0.25) is 11.8 Å². The fourth-order valence-electron chi connectivity index (χ4n) is 3.76. The number of para-hydroxylation sites is 1. The van der Waals surface area contributed by atoms with Crippen molar-refractivity contribution in [3.8, 4) is 0 Å². The summed E-state index contributed by atoms with van der Waals surface area (Å²) < 4.78 is 26.6. The Kier molecular flexibility index (Phi) is 4.18. The van der Waals surface area contributed by atoms with Crippen molar-refractivity contribution in [2.75, 3.05) is 22.9 Å². The molecular formula is C20H18F2N2O2. The summed E-state index contributed by atoms with van der Waals surface area (Å²) in [5.74, 6) is -2.79. The van der Waals surface area contributed by atoms with Crippen LogP contribution in [-0.2, 0) is 16.0 Å². The van der Waals surface area contributed by atoms with E-state index in [-0.39, 0.29) is 30.5 Å². The number of hydrogen-bond acceptors (Lipinski definition) is 2. The quantitative estimate of drug-likeness (QED) is 0.828. The monoisotopic (exact) mass is 356 g/mol. The van der Waals surface area contributed by atoms with Gasteiger partial charge in [-0.05, 0) is 36.6 Å². The number of halogens is 2. The standard InChI is InChI=1S/C20H18F2N2O2/c21-16-8-7-15(11-17(16)22)24-12-14(10-19(24)25)20(26)23-9-3-5-13-4-1-2-6-18(13)23/h1-2,4,6-8,11,14H,3,5,9-10,12H2. The van der Waals surface area contributed by atoms with Crippen molar-refractivity contribution >= 4 is 23.2 Å². The molecular weight excluding hydrogens is 338 g/mol. The molecule has 2 amide bonds. The van der Waals surface area contributed by atoms with E-state index in [1.54, 1.807) is 4.90 Å². The predicted molar refractivity (Wildman–Crippen MR) is 93.9 cm³/mol. The first-order valence-electron chi connectivity index (χ1n) is 8.69. The van der Waals surface area contributed by atoms with Crippen molar-refractivity contribution in [3.05, 3.63) is 59.7 Å². The molecule has 2 heterocycles. The minimum Gasteiger partial charge on any atom is -0.312 e. The summed E-state index contributed by atoms with van der Waals surface area (Å²) in [7, 11) is 0. The van der Waals surface area contributed by atoms with E-state index in [0.29, 0.717) is 6.54 Å². The van der Waals surface area contributed by atoms with Gasteiger partial charge in [0.25, 0.3) is 0 Å². The van der Waals surface area contributed by atoms with E-state index >= 15 is 0 Å². The average molecular weight is 356 g/mol. The van der Waals surface area contributed by atoms with E-state index in [1.807, 2.05) is 24.3 Å². The van der Waals surface area contributed by atoms with Gasteiger partial charge in [-0.2, -0.15) is 0 Å². The van der Waals surface area contributed by atoms with Crippen molar-refractivity contribution in [1.82, 2.24) is 0 Å². The Morgan fingerprint density at radius 2 is 1.88 bits per heavy atom. The second kappa shape index (κ2) is 6.52. The minimum absolute atomic E-state index is 0.0799. The fraction of sp³-hybridized carbons (Fsp3) is 0.300. The van der Waals surface area contributed by atoms with Crippen molar-refractivity contribution < 1.29 is 18.4 Å². The largest absolute Gasteiger partial charge is 0.312 e. The maximum absolute atomic E-state index is 13.5. The van der Waals surface area contributed by atoms with Gasteiger partial charge in [-0.3, -0.25) is 9.59 Å². The van der Waals surface area contributed by atoms with E-state index in [0.717, 1.165) is 36.2 Å². The van der Waals surface area contributed by atoms with E-state index < -0.39 is 17.6 Å². The summed E-state index contributed by atoms with van der Waals surface area (Å²) in [4.78, 5) is 28.5. The number of benzene rings is 2. The number of carbonyl (C=O) groups is 2. The van der Waals surface area contributed by atoms with Gasteiger partial charge in [-0.25, -0.2) is 8.78 Å². The van der Waals surface area contributed by atoms with Crippen LogP contribution in [0.5, 0.6) is 0 Å². The molecule has 1 saturated heterocycles. The Bertz CT molecular complexity index is 884. The summed E-state index contributed by atoms with van der Waals surface area (Å²) in [6, 6.07) is 11.1. The lowest BCUT2D eigenvalue weighted by Gasteiger charge is -2.31. The third-order valence-electron chi connectivity index (χ3n) is 5.07. The lowest BCUT2D eigenvalue weighted by atomic mass is 9.99. The molecule has 1 unspecified atom stereocenters. The molecule has 134 valence electrons. The van der Waals surface area contributed by atoms with Gasteiger partial charge in [0, 0.05) is 37.0 Å². The first kappa shape index (κ1) is 16.7. The van der Waals surface area contributed by atoms with Crippen LogP contribution < -0.4 is 9.80 Å². The van der Waals surface area contributed by atoms with Gasteiger partial charge in [0.1, 0.15) is 0 Å². The zero-order valence-electron chi connectivity index (χ0n) is 14.1. The molecule has 0 aliphatic carbocycles. The molecule has 0 N–H and O–H groups in total. The third kappa shape index (κ3) is 2.85. The van der Waals surface area contributed by atoms with Crippen molar-refractivity contribution in [2.24, 2.45) is 5.92 Å². The van der Waals surface area contributed by atoms with Gasteiger partial charge in [0.05, 0.1) is 5.92 Å². The lowest BCUT2D eigenvalue weighted by Crippen LogP contribution is -2.40. The van der Waals surface area contributed by atoms with Gasteiger partial charge >= 0.3 is 0 Å². The van der Waals surface area contributed by atoms with Crippen LogP contribution >= 0.6 is 0 Å². The molecule has 0 bridgehead atoms. The number of amides is 2. The van der Waals surface area contributed by atoms with Crippen molar-refractivity contribution in [1.29, 1.82) is 0 Å². The van der Waals surface area contributed by atoms with Gasteiger partial charge < -0.3 is 9.80 Å². The molecule has 0 radical (unpaired) electrons. The molecule has 0 aromatic heterocycles. The molecule has 4 rings (SSSR count). The van der Waals surface area contributed by atoms with Crippen LogP contribution in [0.1, 0.15) is 18.4 Å². The fourth-order valence-corrected chi connectivity index (χ4v) is 3.76. The maximum atomic E-state index is 13.5. The first-order chi connectivity index (χ1) is 12.5. The highest BCUT2D eigenvalue weighted by Crippen LogP contribution is 2.32. The van der Waals surface area contributed by atoms with E-state index in [1.165, 1.54) is 11.0 Å². The second-order valence-electron chi connectivity index (χ2n) is 6.73. The van der Waals surface area contributed by atoms with E-state index in [9.17, 15) is 18.4 Å². The molecule has 0 spiro atoms. The number of hydrogen-bond donors (Lipinski definition) is 0. The smallest absolute Gasteiger partial charge is 0.232 e. The summed E-state index contributed by atoms with van der Waals surface area (Å²) >= 11 is 0. The molecule has 2 aromatic carbocycles. The maximum Gasteiger partial charge on any atom is 0.232 e. The van der Waals surface area contributed by atoms with Crippen LogP contribution in [0.2, 0.25) is 0 Å². The summed E-state index contributed by atoms with van der Waals surface area (Å²) in [6.45, 7) is 0.813. The van der Waals surface area contributed by atoms with Gasteiger partial charge in [-0.15, -0.1) is 0 Å². The Hall–Kier alpha value is -2.76. The molecule has 1 fully saturated rings. The summed E-state index contributed by atoms with van der Waals surface area (Å²) in [5.41, 5.74) is 2.32. The minimum atomic E-state index is -1.00. The van der Waals surface area contributed by atoms with Crippen molar-refractivity contribution in [2.45, 2.75) is 19.3 Å². The SMILES string of the molecule is O=C1CC(C(=O)N2CCCc3ccccc32)CN1c1ccc(F)c(F)c1. The predicted octanol–water partition coefficient (Wildman–Crippen LogP) is 3.30. The third-order valence-corrected chi connectivity index (χ3v) is 5.07. The molecule has 0 saturated carbocycles. The first-order valence-corrected chi connectivity index (χ1v) is 8.69. The zero-order chi connectivity index (χ0) is 18.3. The van der Waals surface area contributed by atoms with Crippen LogP contribution in [0.25, 0.3) is 0 Å². The number of aryl methyl sites for hydroxylation is 1. The Morgan fingerprint density at radius 3 is 2.69 bits per heavy atom. The number of anilines is 2. The van der Waals surface area contributed by atoms with Crippen LogP contribution in [0, 0.1) is 17.6 Å². The van der Waals surface area contributed by atoms with E-state index in [4.69, 9.17) is 0 Å². The topological polar surface area (TPSA) is 40.6 Å². The number of fused-ring (bicyclic) bond motifs is 1. The molecule has 2 aliphatic heterocycles. The lowest BCUT2D eigenvalue weighted by molar-refractivity contribution is -0.124. The van der Waals surface area contributed by atoms with Crippen LogP contribution in [0.4, 0.5) is 20.2 Å². The normalized spacial score (nSPS) is 19.6. The zero-order valence-corrected chi connectivity index (χ0v) is 14.1. The molecule has 1 atom stereocenters. The molecule has 2 aliphatic rings. The Labute approximate surface area is 150 Å². The second-order valence-corrected chi connectivity index (χ2v) is 6.73. The highest BCUT2D eigenvalue weighted by molar-refractivity contribution is 6.04. The van der Waals surface area contributed by atoms with Crippen LogP contribution in [-0.4, -0.2) is 24.9 Å². The Morgan fingerprint density at radius 1 is 1.08 bits per heavy atom. The van der Waals surface area contributed by atoms with E-state index in [2.05, 4.69) is 0 Å². The average Bonchev–Trinajstić information content (AvgIpc) is 3.04. The van der Waals surface area contributed by atoms with Crippen molar-refractivity contribution in [3.63, 3.8) is 0 Å². The Balaban J connectivity index is 1.56. The number of nitrogens with zero attached hydrogens (tertiary/aromatic N) is 2. The number of carbonyl (C=O) groups excluding carboxylic acids is 2. The summed E-state index contributed by atoms with van der Waals surface area (Å²) in [5, 5.41) is 0. The highest BCUT2D eigenvalue weighted by Gasteiger charge is 2.38. The molecule has 6 heteroatoms. The van der Waals surface area contributed by atoms with Gasteiger partial charge in [0.15, 0.2) is 11.6 Å². The highest BCUT2D eigenvalue weighted by atomic mass is 19.2. The molecule has 26 heavy (non-hydrogen) atoms. The molecule has 2 aromatic rings. The number of rotatable bonds is 2.